The van der Waals surface area contributed by atoms with Crippen LogP contribution in [-0.2, 0) is 19.5 Å². The largest absolute Gasteiger partial charge is 0.308 e. The van der Waals surface area contributed by atoms with Crippen molar-refractivity contribution in [1.82, 2.24) is 15.1 Å². The molecule has 0 bridgehead atoms. The lowest BCUT2D eigenvalue weighted by Gasteiger charge is -2.12. The van der Waals surface area contributed by atoms with Gasteiger partial charge in [0.15, 0.2) is 0 Å². The first kappa shape index (κ1) is 11.4. The van der Waals surface area contributed by atoms with Crippen LogP contribution >= 0.6 is 0 Å². The standard InChI is InChI=1S/C13H21N3/c1-3-11-9-13(16(4-2)15-11)10-14-12-7-5-6-8-12/h5-6,9,12,14H,3-4,7-8,10H2,1-2H3. The van der Waals surface area contributed by atoms with Gasteiger partial charge in [-0.15, -0.1) is 0 Å². The normalized spacial score (nSPS) is 16.1. The van der Waals surface area contributed by atoms with E-state index in [0.29, 0.717) is 6.04 Å². The lowest BCUT2D eigenvalue weighted by Crippen LogP contribution is -2.26. The van der Waals surface area contributed by atoms with Crippen LogP contribution in [-0.4, -0.2) is 15.8 Å². The quantitative estimate of drug-likeness (QED) is 0.770. The fourth-order valence-electron chi connectivity index (χ4n) is 2.14. The smallest absolute Gasteiger partial charge is 0.0625 e. The number of aromatic nitrogens is 2. The molecule has 0 saturated carbocycles. The summed E-state index contributed by atoms with van der Waals surface area (Å²) in [6.45, 7) is 6.20. The van der Waals surface area contributed by atoms with Crippen molar-refractivity contribution in [2.45, 2.75) is 52.2 Å². The highest BCUT2D eigenvalue weighted by atomic mass is 15.3. The molecule has 1 N–H and O–H groups in total. The minimum Gasteiger partial charge on any atom is -0.308 e. The molecule has 1 aliphatic carbocycles. The average Bonchev–Trinajstić information content (AvgIpc) is 2.95. The van der Waals surface area contributed by atoms with Gasteiger partial charge in [-0.2, -0.15) is 5.10 Å². The maximum Gasteiger partial charge on any atom is 0.0625 e. The molecule has 16 heavy (non-hydrogen) atoms. The Labute approximate surface area is 97.5 Å². The van der Waals surface area contributed by atoms with Crippen LogP contribution in [0.15, 0.2) is 18.2 Å². The van der Waals surface area contributed by atoms with Gasteiger partial charge in [0.2, 0.25) is 0 Å². The number of rotatable bonds is 5. The summed E-state index contributed by atoms with van der Waals surface area (Å²) < 4.78 is 2.11. The molecule has 1 aromatic heterocycles. The average molecular weight is 219 g/mol. The summed E-state index contributed by atoms with van der Waals surface area (Å²) in [7, 11) is 0. The molecule has 0 atom stereocenters. The summed E-state index contributed by atoms with van der Waals surface area (Å²) in [5.41, 5.74) is 2.51. The molecule has 1 aliphatic rings. The monoisotopic (exact) mass is 219 g/mol. The van der Waals surface area contributed by atoms with E-state index >= 15 is 0 Å². The van der Waals surface area contributed by atoms with Crippen molar-refractivity contribution < 1.29 is 0 Å². The zero-order valence-corrected chi connectivity index (χ0v) is 10.2. The van der Waals surface area contributed by atoms with Crippen molar-refractivity contribution in [2.75, 3.05) is 0 Å². The van der Waals surface area contributed by atoms with E-state index in [0.717, 1.165) is 19.5 Å². The van der Waals surface area contributed by atoms with Crippen molar-refractivity contribution in [3.63, 3.8) is 0 Å². The van der Waals surface area contributed by atoms with Gasteiger partial charge < -0.3 is 5.32 Å². The van der Waals surface area contributed by atoms with Crippen molar-refractivity contribution in [1.29, 1.82) is 0 Å². The van der Waals surface area contributed by atoms with Gasteiger partial charge in [-0.05, 0) is 32.3 Å². The third-order valence-corrected chi connectivity index (χ3v) is 3.16. The van der Waals surface area contributed by atoms with Gasteiger partial charge in [0.05, 0.1) is 11.4 Å². The van der Waals surface area contributed by atoms with Crippen LogP contribution < -0.4 is 5.32 Å². The SMILES string of the molecule is CCc1cc(CNC2CC=CC2)n(CC)n1. The Balaban J connectivity index is 1.94. The Bertz CT molecular complexity index is 357. The topological polar surface area (TPSA) is 29.9 Å². The first-order valence-corrected chi connectivity index (χ1v) is 6.27. The highest BCUT2D eigenvalue weighted by Crippen LogP contribution is 2.11. The summed E-state index contributed by atoms with van der Waals surface area (Å²) in [5, 5.41) is 8.14. The van der Waals surface area contributed by atoms with E-state index in [4.69, 9.17) is 0 Å². The van der Waals surface area contributed by atoms with Crippen molar-refractivity contribution in [2.24, 2.45) is 0 Å². The van der Waals surface area contributed by atoms with Gasteiger partial charge in [-0.1, -0.05) is 19.1 Å². The van der Waals surface area contributed by atoms with Crippen molar-refractivity contribution >= 4 is 0 Å². The fraction of sp³-hybridized carbons (Fsp3) is 0.615. The molecule has 1 aromatic rings. The molecule has 0 unspecified atom stereocenters. The van der Waals surface area contributed by atoms with Gasteiger partial charge in [0, 0.05) is 19.1 Å². The molecular formula is C13H21N3. The molecule has 0 aromatic carbocycles. The Hall–Kier alpha value is -1.09. The molecule has 2 rings (SSSR count). The van der Waals surface area contributed by atoms with Gasteiger partial charge in [0.1, 0.15) is 0 Å². The summed E-state index contributed by atoms with van der Waals surface area (Å²) in [4.78, 5) is 0. The lowest BCUT2D eigenvalue weighted by molar-refractivity contribution is 0.508. The Morgan fingerprint density at radius 2 is 2.12 bits per heavy atom. The predicted molar refractivity (Wildman–Crippen MR) is 66.3 cm³/mol. The van der Waals surface area contributed by atoms with Crippen LogP contribution in [0.5, 0.6) is 0 Å². The molecule has 88 valence electrons. The molecule has 0 saturated heterocycles. The van der Waals surface area contributed by atoms with E-state index in [2.05, 4.69) is 47.2 Å². The predicted octanol–water partition coefficient (Wildman–Crippen LogP) is 2.27. The Morgan fingerprint density at radius 3 is 2.75 bits per heavy atom. The Kier molecular flexibility index (Phi) is 3.78. The van der Waals surface area contributed by atoms with Crippen molar-refractivity contribution in [3.05, 3.63) is 29.6 Å². The minimum atomic E-state index is 0.630. The molecule has 3 heteroatoms. The van der Waals surface area contributed by atoms with Crippen LogP contribution in [0, 0.1) is 0 Å². The van der Waals surface area contributed by atoms with E-state index in [1.54, 1.807) is 0 Å². The lowest BCUT2D eigenvalue weighted by atomic mass is 10.2. The van der Waals surface area contributed by atoms with Crippen LogP contribution in [0.1, 0.15) is 38.1 Å². The van der Waals surface area contributed by atoms with E-state index in [9.17, 15) is 0 Å². The molecule has 0 fully saturated rings. The number of nitrogens with one attached hydrogen (secondary N) is 1. The summed E-state index contributed by atoms with van der Waals surface area (Å²) in [5.74, 6) is 0. The second-order valence-corrected chi connectivity index (χ2v) is 4.32. The molecule has 0 amide bonds. The zero-order chi connectivity index (χ0) is 11.4. The fourth-order valence-corrected chi connectivity index (χ4v) is 2.14. The van der Waals surface area contributed by atoms with Crippen LogP contribution in [0.3, 0.4) is 0 Å². The first-order valence-electron chi connectivity index (χ1n) is 6.27. The molecular weight excluding hydrogens is 198 g/mol. The van der Waals surface area contributed by atoms with Crippen LogP contribution in [0.25, 0.3) is 0 Å². The number of aryl methyl sites for hydroxylation is 2. The van der Waals surface area contributed by atoms with Crippen molar-refractivity contribution in [3.8, 4) is 0 Å². The summed E-state index contributed by atoms with van der Waals surface area (Å²) in [6, 6.07) is 2.85. The first-order chi connectivity index (χ1) is 7.83. The van der Waals surface area contributed by atoms with Gasteiger partial charge in [-0.25, -0.2) is 0 Å². The third kappa shape index (κ3) is 2.53. The number of hydrogen-bond acceptors (Lipinski definition) is 2. The molecule has 0 radical (unpaired) electrons. The number of hydrogen-bond donors (Lipinski definition) is 1. The molecule has 3 nitrogen and oxygen atoms in total. The van der Waals surface area contributed by atoms with Gasteiger partial charge >= 0.3 is 0 Å². The Morgan fingerprint density at radius 1 is 1.38 bits per heavy atom. The maximum absolute atomic E-state index is 4.55. The summed E-state index contributed by atoms with van der Waals surface area (Å²) >= 11 is 0. The molecule has 1 heterocycles. The zero-order valence-electron chi connectivity index (χ0n) is 10.2. The highest BCUT2D eigenvalue weighted by molar-refractivity contribution is 5.11. The van der Waals surface area contributed by atoms with Crippen LogP contribution in [0.2, 0.25) is 0 Å². The van der Waals surface area contributed by atoms with Gasteiger partial charge in [0.25, 0.3) is 0 Å². The van der Waals surface area contributed by atoms with Gasteiger partial charge in [-0.3, -0.25) is 4.68 Å². The van der Waals surface area contributed by atoms with E-state index in [1.165, 1.54) is 24.2 Å². The van der Waals surface area contributed by atoms with E-state index in [1.807, 2.05) is 0 Å². The second-order valence-electron chi connectivity index (χ2n) is 4.32. The van der Waals surface area contributed by atoms with Crippen LogP contribution in [0.4, 0.5) is 0 Å². The molecule has 0 spiro atoms. The number of nitrogens with zero attached hydrogens (tertiary/aromatic N) is 2. The minimum absolute atomic E-state index is 0.630. The van der Waals surface area contributed by atoms with E-state index in [-0.39, 0.29) is 0 Å². The van der Waals surface area contributed by atoms with E-state index < -0.39 is 0 Å². The third-order valence-electron chi connectivity index (χ3n) is 3.16. The summed E-state index contributed by atoms with van der Waals surface area (Å²) in [6.07, 6.45) is 7.87. The maximum atomic E-state index is 4.55. The molecule has 0 aliphatic heterocycles. The second kappa shape index (κ2) is 5.30. The highest BCUT2D eigenvalue weighted by Gasteiger charge is 2.11.